The second-order valence-electron chi connectivity index (χ2n) is 9.55. The maximum absolute atomic E-state index is 13.9. The molecule has 0 spiro atoms. The summed E-state index contributed by atoms with van der Waals surface area (Å²) in [5, 5.41) is 6.02. The zero-order chi connectivity index (χ0) is 27.5. The average molecular weight is 547 g/mol. The molecule has 1 aliphatic heterocycles. The van der Waals surface area contributed by atoms with Crippen molar-refractivity contribution >= 4 is 39.9 Å². The first kappa shape index (κ1) is 26.5. The van der Waals surface area contributed by atoms with Gasteiger partial charge in [0.15, 0.2) is 5.82 Å². The number of para-hydroxylation sites is 1. The van der Waals surface area contributed by atoms with Gasteiger partial charge in [-0.1, -0.05) is 29.8 Å². The lowest BCUT2D eigenvalue weighted by molar-refractivity contribution is 0.254. The van der Waals surface area contributed by atoms with E-state index in [1.807, 2.05) is 42.3 Å². The molecular weight excluding hydrogens is 516 g/mol. The Bertz CT molecular complexity index is 1530. The summed E-state index contributed by atoms with van der Waals surface area (Å²) >= 11 is 6.17. The van der Waals surface area contributed by atoms with Gasteiger partial charge in [0, 0.05) is 42.6 Å². The Labute approximate surface area is 232 Å². The molecule has 10 heteroatoms. The summed E-state index contributed by atoms with van der Waals surface area (Å²) in [6, 6.07) is 20.5. The molecule has 9 nitrogen and oxygen atoms in total. The number of ether oxygens (including phenoxy) is 1. The number of urea groups is 1. The van der Waals surface area contributed by atoms with Crippen LogP contribution in [0.2, 0.25) is 5.02 Å². The number of amides is 2. The van der Waals surface area contributed by atoms with Crippen molar-refractivity contribution in [2.24, 2.45) is 0 Å². The van der Waals surface area contributed by atoms with E-state index < -0.39 is 6.04 Å². The molecule has 1 aliphatic rings. The van der Waals surface area contributed by atoms with Gasteiger partial charge in [0.2, 0.25) is 0 Å². The Kier molecular flexibility index (Phi) is 7.72. The standard InChI is InChI=1S/C29H31ClN6O3/c1-20(27-32-26-10-5-4-9-25(26)28(37)36(27)34-17-15-33(2)16-18-34)35(23-11-13-24(39-3)14-12-23)29(38)31-22-8-6-7-21(30)19-22/h4-14,19-20H,15-18H2,1-3H3,(H,31,38). The summed E-state index contributed by atoms with van der Waals surface area (Å²) in [6.07, 6.45) is 0. The molecule has 3 aromatic carbocycles. The quantitative estimate of drug-likeness (QED) is 0.376. The Morgan fingerprint density at radius 1 is 1.03 bits per heavy atom. The SMILES string of the molecule is COc1ccc(N(C(=O)Nc2cccc(Cl)c2)C(C)c2nc3ccccc3c(=O)n2N2CCN(C)CC2)cc1. The third kappa shape index (κ3) is 5.55. The highest BCUT2D eigenvalue weighted by molar-refractivity contribution is 6.30. The maximum atomic E-state index is 13.9. The van der Waals surface area contributed by atoms with Crippen molar-refractivity contribution in [2.45, 2.75) is 13.0 Å². The zero-order valence-corrected chi connectivity index (χ0v) is 22.9. The molecule has 1 N–H and O–H groups in total. The molecule has 2 amide bonds. The maximum Gasteiger partial charge on any atom is 0.326 e. The van der Waals surface area contributed by atoms with Crippen molar-refractivity contribution in [2.75, 3.05) is 55.6 Å². The average Bonchev–Trinajstić information content (AvgIpc) is 2.94. The summed E-state index contributed by atoms with van der Waals surface area (Å²) in [6.45, 7) is 4.82. The number of nitrogens with zero attached hydrogens (tertiary/aromatic N) is 5. The molecule has 202 valence electrons. The molecule has 39 heavy (non-hydrogen) atoms. The van der Waals surface area contributed by atoms with Crippen LogP contribution >= 0.6 is 11.6 Å². The van der Waals surface area contributed by atoms with E-state index in [-0.39, 0.29) is 11.6 Å². The van der Waals surface area contributed by atoms with Crippen molar-refractivity contribution in [1.82, 2.24) is 14.6 Å². The lowest BCUT2D eigenvalue weighted by atomic mass is 10.2. The number of methoxy groups -OCH3 is 1. The van der Waals surface area contributed by atoms with Gasteiger partial charge in [0.1, 0.15) is 5.75 Å². The van der Waals surface area contributed by atoms with E-state index in [0.717, 1.165) is 13.1 Å². The van der Waals surface area contributed by atoms with Crippen molar-refractivity contribution in [3.05, 3.63) is 94.0 Å². The summed E-state index contributed by atoms with van der Waals surface area (Å²) in [4.78, 5) is 36.5. The van der Waals surface area contributed by atoms with Crippen LogP contribution in [-0.2, 0) is 0 Å². The molecule has 1 saturated heterocycles. The smallest absolute Gasteiger partial charge is 0.326 e. The van der Waals surface area contributed by atoms with Crippen LogP contribution in [0.5, 0.6) is 5.75 Å². The Hall–Kier alpha value is -4.08. The van der Waals surface area contributed by atoms with Crippen molar-refractivity contribution in [3.8, 4) is 5.75 Å². The van der Waals surface area contributed by atoms with Crippen molar-refractivity contribution in [1.29, 1.82) is 0 Å². The van der Waals surface area contributed by atoms with E-state index in [9.17, 15) is 9.59 Å². The van der Waals surface area contributed by atoms with Gasteiger partial charge in [0.05, 0.1) is 24.1 Å². The summed E-state index contributed by atoms with van der Waals surface area (Å²) in [5.41, 5.74) is 1.60. The third-order valence-corrected chi connectivity index (χ3v) is 7.18. The van der Waals surface area contributed by atoms with Gasteiger partial charge in [-0.2, -0.15) is 0 Å². The van der Waals surface area contributed by atoms with Crippen LogP contribution < -0.4 is 25.5 Å². The second-order valence-corrected chi connectivity index (χ2v) is 9.98. The number of hydrogen-bond acceptors (Lipinski definition) is 6. The number of rotatable bonds is 6. The first-order chi connectivity index (χ1) is 18.9. The summed E-state index contributed by atoms with van der Waals surface area (Å²) in [5.74, 6) is 1.14. The third-order valence-electron chi connectivity index (χ3n) is 6.95. The van der Waals surface area contributed by atoms with Gasteiger partial charge >= 0.3 is 6.03 Å². The minimum Gasteiger partial charge on any atom is -0.497 e. The number of nitrogens with one attached hydrogen (secondary N) is 1. The number of piperazine rings is 1. The van der Waals surface area contributed by atoms with E-state index >= 15 is 0 Å². The van der Waals surface area contributed by atoms with Crippen LogP contribution in [-0.4, -0.2) is 60.9 Å². The van der Waals surface area contributed by atoms with E-state index in [4.69, 9.17) is 21.3 Å². The van der Waals surface area contributed by atoms with Gasteiger partial charge < -0.3 is 20.0 Å². The fraction of sp³-hybridized carbons (Fsp3) is 0.276. The van der Waals surface area contributed by atoms with Crippen LogP contribution in [0.1, 0.15) is 18.8 Å². The minimum absolute atomic E-state index is 0.156. The molecule has 1 atom stereocenters. The normalized spacial score (nSPS) is 14.7. The number of aromatic nitrogens is 2. The topological polar surface area (TPSA) is 82.9 Å². The van der Waals surface area contributed by atoms with Gasteiger partial charge in [-0.05, 0) is 68.6 Å². The molecule has 5 rings (SSSR count). The molecule has 4 aromatic rings. The Morgan fingerprint density at radius 2 is 1.74 bits per heavy atom. The van der Waals surface area contributed by atoms with Crippen LogP contribution in [0, 0.1) is 0 Å². The molecule has 2 heterocycles. The number of likely N-dealkylation sites (N-methyl/N-ethyl adjacent to an activating group) is 1. The fourth-order valence-electron chi connectivity index (χ4n) is 4.81. The summed E-state index contributed by atoms with van der Waals surface area (Å²) in [7, 11) is 3.66. The molecular formula is C29H31ClN6O3. The molecule has 0 radical (unpaired) electrons. The fourth-order valence-corrected chi connectivity index (χ4v) is 5.00. The highest BCUT2D eigenvalue weighted by Crippen LogP contribution is 2.30. The minimum atomic E-state index is -0.616. The van der Waals surface area contributed by atoms with Crippen molar-refractivity contribution in [3.63, 3.8) is 0 Å². The van der Waals surface area contributed by atoms with Gasteiger partial charge in [-0.15, -0.1) is 0 Å². The monoisotopic (exact) mass is 546 g/mol. The van der Waals surface area contributed by atoms with Gasteiger partial charge in [0.25, 0.3) is 5.56 Å². The van der Waals surface area contributed by atoms with Gasteiger partial charge in [-0.3, -0.25) is 9.69 Å². The number of fused-ring (bicyclic) bond motifs is 1. The van der Waals surface area contributed by atoms with E-state index in [1.54, 1.807) is 59.2 Å². The lowest BCUT2D eigenvalue weighted by Gasteiger charge is -2.38. The van der Waals surface area contributed by atoms with E-state index in [0.29, 0.717) is 52.0 Å². The molecule has 0 bridgehead atoms. The van der Waals surface area contributed by atoms with Crippen LogP contribution in [0.4, 0.5) is 16.2 Å². The largest absolute Gasteiger partial charge is 0.497 e. The Balaban J connectivity index is 1.63. The molecule has 0 aliphatic carbocycles. The van der Waals surface area contributed by atoms with E-state index in [2.05, 4.69) is 17.3 Å². The molecule has 1 unspecified atom stereocenters. The number of halogens is 1. The van der Waals surface area contributed by atoms with Crippen molar-refractivity contribution < 1.29 is 9.53 Å². The number of anilines is 2. The zero-order valence-electron chi connectivity index (χ0n) is 22.2. The Morgan fingerprint density at radius 3 is 2.44 bits per heavy atom. The predicted octanol–water partition coefficient (Wildman–Crippen LogP) is 4.74. The molecule has 1 fully saturated rings. The van der Waals surface area contributed by atoms with E-state index in [1.165, 1.54) is 0 Å². The molecule has 1 aromatic heterocycles. The number of carbonyl (C=O) groups is 1. The van der Waals surface area contributed by atoms with Crippen LogP contribution in [0.15, 0.2) is 77.6 Å². The predicted molar refractivity (Wildman–Crippen MR) is 156 cm³/mol. The highest BCUT2D eigenvalue weighted by Gasteiger charge is 2.30. The number of benzene rings is 3. The highest BCUT2D eigenvalue weighted by atomic mass is 35.5. The second kappa shape index (κ2) is 11.3. The lowest BCUT2D eigenvalue weighted by Crippen LogP contribution is -2.55. The van der Waals surface area contributed by atoms with Gasteiger partial charge in [-0.25, -0.2) is 14.5 Å². The first-order valence-corrected chi connectivity index (χ1v) is 13.2. The van der Waals surface area contributed by atoms with Crippen LogP contribution in [0.3, 0.4) is 0 Å². The number of carbonyl (C=O) groups excluding carboxylic acids is 1. The molecule has 0 saturated carbocycles. The van der Waals surface area contributed by atoms with Crippen LogP contribution in [0.25, 0.3) is 10.9 Å². The first-order valence-electron chi connectivity index (χ1n) is 12.8. The summed E-state index contributed by atoms with van der Waals surface area (Å²) < 4.78 is 6.99. The number of hydrogen-bond donors (Lipinski definition) is 1.